The lowest BCUT2D eigenvalue weighted by Crippen LogP contribution is -2.38. The Morgan fingerprint density at radius 3 is 2.28 bits per heavy atom. The quantitative estimate of drug-likeness (QED) is 0.585. The number of nitrogens with zero attached hydrogens (tertiary/aromatic N) is 1. The first-order valence-electron chi connectivity index (χ1n) is 7.07. The van der Waals surface area contributed by atoms with Gasteiger partial charge in [0.1, 0.15) is 18.2 Å². The average molecular weight is 353 g/mol. The summed E-state index contributed by atoms with van der Waals surface area (Å²) in [5, 5.41) is 0. The predicted molar refractivity (Wildman–Crippen MR) is 82.1 cm³/mol. The Morgan fingerprint density at radius 1 is 1.04 bits per heavy atom. The second-order valence-electron chi connectivity index (χ2n) is 4.87. The minimum absolute atomic E-state index is 0.0513. The number of carbonyl (C=O) groups is 3. The monoisotopic (exact) mass is 353 g/mol. The van der Waals surface area contributed by atoms with E-state index < -0.39 is 23.7 Å². The average Bonchev–Trinajstić information content (AvgIpc) is 2.65. The molecule has 134 valence electrons. The van der Waals surface area contributed by atoms with Crippen LogP contribution in [-0.2, 0) is 28.5 Å². The Labute approximate surface area is 142 Å². The van der Waals surface area contributed by atoms with Gasteiger partial charge < -0.3 is 23.8 Å². The molecule has 0 bridgehead atoms. The van der Waals surface area contributed by atoms with Gasteiger partial charge in [0, 0.05) is 5.69 Å². The summed E-state index contributed by atoms with van der Waals surface area (Å²) in [6.45, 7) is -0.268. The molecule has 1 aromatic rings. The summed E-state index contributed by atoms with van der Waals surface area (Å²) >= 11 is 0. The number of hydrogen-bond donors (Lipinski definition) is 0. The maximum Gasteiger partial charge on any atom is 0.355 e. The number of anilines is 1. The molecule has 1 aliphatic rings. The minimum atomic E-state index is -0.880. The topological polar surface area (TPSA) is 91.4 Å². The van der Waals surface area contributed by atoms with Crippen LogP contribution in [0.4, 0.5) is 10.1 Å². The standard InChI is InChI=1S/C16H16FNO7/c1-22-14(19)10-6-9(4-5-12(10)17)18-8-25-7-11(15(20)23-2)13(18)16(21)24-3/h4-6H,7-8H2,1-3H3. The SMILES string of the molecule is COC(=O)C1=C(C(=O)OC)N(c2ccc(F)c(C(=O)OC)c2)COC1. The van der Waals surface area contributed by atoms with Crippen LogP contribution < -0.4 is 4.90 Å². The number of halogens is 1. The smallest absolute Gasteiger partial charge is 0.355 e. The molecule has 8 nitrogen and oxygen atoms in total. The summed E-state index contributed by atoms with van der Waals surface area (Å²) in [5.41, 5.74) is -0.245. The maximum atomic E-state index is 13.8. The van der Waals surface area contributed by atoms with Crippen LogP contribution in [0.25, 0.3) is 0 Å². The van der Waals surface area contributed by atoms with Crippen molar-refractivity contribution in [1.29, 1.82) is 0 Å². The molecule has 0 aromatic heterocycles. The van der Waals surface area contributed by atoms with E-state index in [9.17, 15) is 18.8 Å². The van der Waals surface area contributed by atoms with E-state index in [0.29, 0.717) is 0 Å². The van der Waals surface area contributed by atoms with Gasteiger partial charge in [-0.2, -0.15) is 0 Å². The summed E-state index contributed by atoms with van der Waals surface area (Å²) < 4.78 is 33.0. The van der Waals surface area contributed by atoms with E-state index in [4.69, 9.17) is 9.47 Å². The Balaban J connectivity index is 2.58. The molecule has 25 heavy (non-hydrogen) atoms. The van der Waals surface area contributed by atoms with Crippen LogP contribution in [0, 0.1) is 5.82 Å². The largest absolute Gasteiger partial charge is 0.466 e. The van der Waals surface area contributed by atoms with E-state index in [2.05, 4.69) is 9.47 Å². The highest BCUT2D eigenvalue weighted by molar-refractivity contribution is 6.03. The molecular formula is C16H16FNO7. The predicted octanol–water partition coefficient (Wildman–Crippen LogP) is 1.01. The third-order valence-electron chi connectivity index (χ3n) is 3.50. The van der Waals surface area contributed by atoms with E-state index in [1.807, 2.05) is 0 Å². The van der Waals surface area contributed by atoms with E-state index in [1.165, 1.54) is 17.0 Å². The molecule has 0 aliphatic carbocycles. The van der Waals surface area contributed by atoms with Gasteiger partial charge in [0.25, 0.3) is 0 Å². The van der Waals surface area contributed by atoms with Crippen LogP contribution in [0.15, 0.2) is 29.5 Å². The lowest BCUT2D eigenvalue weighted by Gasteiger charge is -2.31. The fourth-order valence-electron chi connectivity index (χ4n) is 2.29. The van der Waals surface area contributed by atoms with Gasteiger partial charge in [0.05, 0.1) is 39.1 Å². The first kappa shape index (κ1) is 18.4. The van der Waals surface area contributed by atoms with Crippen LogP contribution in [0.1, 0.15) is 10.4 Å². The summed E-state index contributed by atoms with van der Waals surface area (Å²) in [5.74, 6) is -3.23. The van der Waals surface area contributed by atoms with Gasteiger partial charge in [-0.1, -0.05) is 0 Å². The van der Waals surface area contributed by atoms with Crippen molar-refractivity contribution >= 4 is 23.6 Å². The van der Waals surface area contributed by atoms with Crippen LogP contribution in [0.3, 0.4) is 0 Å². The van der Waals surface area contributed by atoms with Gasteiger partial charge >= 0.3 is 17.9 Å². The van der Waals surface area contributed by atoms with E-state index in [0.717, 1.165) is 27.4 Å². The van der Waals surface area contributed by atoms with Gasteiger partial charge in [-0.25, -0.2) is 18.8 Å². The third-order valence-corrected chi connectivity index (χ3v) is 3.50. The maximum absolute atomic E-state index is 13.8. The summed E-state index contributed by atoms with van der Waals surface area (Å²) in [7, 11) is 3.44. The first-order chi connectivity index (χ1) is 11.9. The van der Waals surface area contributed by atoms with E-state index in [1.54, 1.807) is 0 Å². The van der Waals surface area contributed by atoms with Crippen molar-refractivity contribution in [1.82, 2.24) is 0 Å². The fourth-order valence-corrected chi connectivity index (χ4v) is 2.29. The highest BCUT2D eigenvalue weighted by atomic mass is 19.1. The third kappa shape index (κ3) is 3.61. The molecular weight excluding hydrogens is 337 g/mol. The van der Waals surface area contributed by atoms with Crippen molar-refractivity contribution in [2.24, 2.45) is 0 Å². The zero-order valence-electron chi connectivity index (χ0n) is 13.8. The molecule has 9 heteroatoms. The zero-order chi connectivity index (χ0) is 18.6. The first-order valence-corrected chi connectivity index (χ1v) is 7.07. The molecule has 0 amide bonds. The highest BCUT2D eigenvalue weighted by Crippen LogP contribution is 2.28. The number of hydrogen-bond acceptors (Lipinski definition) is 8. The van der Waals surface area contributed by atoms with Crippen molar-refractivity contribution in [2.75, 3.05) is 39.6 Å². The molecule has 0 saturated carbocycles. The molecule has 0 unspecified atom stereocenters. The fraction of sp³-hybridized carbons (Fsp3) is 0.312. The number of esters is 3. The zero-order valence-corrected chi connectivity index (χ0v) is 13.8. The van der Waals surface area contributed by atoms with Crippen molar-refractivity contribution in [3.05, 3.63) is 40.8 Å². The second-order valence-corrected chi connectivity index (χ2v) is 4.87. The summed E-state index contributed by atoms with van der Waals surface area (Å²) in [6.07, 6.45) is 0. The summed E-state index contributed by atoms with van der Waals surface area (Å²) in [6, 6.07) is 3.56. The van der Waals surface area contributed by atoms with Crippen LogP contribution in [-0.4, -0.2) is 52.6 Å². The lowest BCUT2D eigenvalue weighted by molar-refractivity contribution is -0.140. The molecule has 1 aromatic carbocycles. The van der Waals surface area contributed by atoms with E-state index in [-0.39, 0.29) is 35.9 Å². The Bertz CT molecular complexity index is 744. The molecule has 0 fully saturated rings. The second kappa shape index (κ2) is 7.75. The van der Waals surface area contributed by atoms with Crippen LogP contribution in [0.5, 0.6) is 0 Å². The van der Waals surface area contributed by atoms with Crippen molar-refractivity contribution in [2.45, 2.75) is 0 Å². The van der Waals surface area contributed by atoms with Crippen molar-refractivity contribution in [3.63, 3.8) is 0 Å². The van der Waals surface area contributed by atoms with Crippen molar-refractivity contribution in [3.8, 4) is 0 Å². The molecule has 1 aliphatic heterocycles. The Hall–Kier alpha value is -2.94. The van der Waals surface area contributed by atoms with Gasteiger partial charge in [-0.15, -0.1) is 0 Å². The Kier molecular flexibility index (Phi) is 5.71. The molecule has 2 rings (SSSR count). The molecule has 0 radical (unpaired) electrons. The van der Waals surface area contributed by atoms with Gasteiger partial charge in [-0.3, -0.25) is 0 Å². The molecule has 0 atom stereocenters. The molecule has 0 N–H and O–H groups in total. The number of benzene rings is 1. The minimum Gasteiger partial charge on any atom is -0.466 e. The molecule has 0 spiro atoms. The van der Waals surface area contributed by atoms with Gasteiger partial charge in [-0.05, 0) is 18.2 Å². The van der Waals surface area contributed by atoms with Crippen LogP contribution in [0.2, 0.25) is 0 Å². The van der Waals surface area contributed by atoms with E-state index >= 15 is 0 Å². The molecule has 0 saturated heterocycles. The highest BCUT2D eigenvalue weighted by Gasteiger charge is 2.33. The van der Waals surface area contributed by atoms with Gasteiger partial charge in [0.15, 0.2) is 0 Å². The van der Waals surface area contributed by atoms with Crippen molar-refractivity contribution < 1.29 is 37.7 Å². The lowest BCUT2D eigenvalue weighted by atomic mass is 10.1. The number of rotatable bonds is 4. The normalized spacial score (nSPS) is 14.2. The van der Waals surface area contributed by atoms with Gasteiger partial charge in [0.2, 0.25) is 0 Å². The number of ether oxygens (including phenoxy) is 4. The number of methoxy groups -OCH3 is 3. The summed E-state index contributed by atoms with van der Waals surface area (Å²) in [4.78, 5) is 37.0. The molecule has 1 heterocycles. The Morgan fingerprint density at radius 2 is 1.68 bits per heavy atom. The number of carbonyl (C=O) groups excluding carboxylic acids is 3. The van der Waals surface area contributed by atoms with Crippen LogP contribution >= 0.6 is 0 Å².